The van der Waals surface area contributed by atoms with Gasteiger partial charge in [-0.15, -0.1) is 0 Å². The number of halogens is 2. The van der Waals surface area contributed by atoms with E-state index in [2.05, 4.69) is 41.7 Å². The number of anilines is 1. The van der Waals surface area contributed by atoms with Crippen molar-refractivity contribution in [1.82, 2.24) is 15.4 Å². The quantitative estimate of drug-likeness (QED) is 0.270. The molecule has 2 aromatic carbocycles. The van der Waals surface area contributed by atoms with Gasteiger partial charge in [-0.2, -0.15) is 5.10 Å². The lowest BCUT2D eigenvalue weighted by Crippen LogP contribution is -2.24. The van der Waals surface area contributed by atoms with Crippen LogP contribution < -0.4 is 15.5 Å². The van der Waals surface area contributed by atoms with Crippen LogP contribution >= 0.6 is 15.9 Å². The number of H-pyrrole nitrogens is 1. The molecule has 4 aromatic rings. The molecule has 30 heavy (non-hydrogen) atoms. The molecular formula is C21H15BrFN5O2. The maximum Gasteiger partial charge on any atom is 0.339 e. The predicted octanol–water partition coefficient (Wildman–Crippen LogP) is 5.41. The third-order valence-corrected chi connectivity index (χ3v) is 4.55. The first-order valence-corrected chi connectivity index (χ1v) is 9.63. The summed E-state index contributed by atoms with van der Waals surface area (Å²) in [7, 11) is 0. The number of hydrogen-bond acceptors (Lipinski definition) is 4. The monoisotopic (exact) mass is 467 g/mol. The second-order valence-electron chi connectivity index (χ2n) is 6.18. The molecule has 0 aliphatic carbocycles. The topological polar surface area (TPSA) is 91.4 Å². The molecule has 9 heteroatoms. The number of urea groups is 1. The highest BCUT2D eigenvalue weighted by atomic mass is 79.9. The number of aromatic amines is 1. The fourth-order valence-electron chi connectivity index (χ4n) is 2.72. The molecule has 0 radical (unpaired) electrons. The van der Waals surface area contributed by atoms with Crippen LogP contribution in [-0.2, 0) is 0 Å². The lowest BCUT2D eigenvalue weighted by molar-refractivity contribution is 0.252. The molecule has 0 saturated carbocycles. The number of hydrazone groups is 1. The summed E-state index contributed by atoms with van der Waals surface area (Å²) in [4.78, 5) is 19.1. The van der Waals surface area contributed by atoms with Gasteiger partial charge >= 0.3 is 6.03 Å². The number of pyridine rings is 1. The zero-order valence-electron chi connectivity index (χ0n) is 15.4. The number of fused-ring (bicyclic) bond motifs is 1. The van der Waals surface area contributed by atoms with E-state index in [1.54, 1.807) is 24.5 Å². The van der Waals surface area contributed by atoms with E-state index >= 15 is 0 Å². The van der Waals surface area contributed by atoms with E-state index in [-0.39, 0.29) is 11.4 Å². The highest BCUT2D eigenvalue weighted by Gasteiger charge is 2.11. The van der Waals surface area contributed by atoms with Crippen LogP contribution in [0.5, 0.6) is 11.5 Å². The van der Waals surface area contributed by atoms with Gasteiger partial charge in [0.15, 0.2) is 11.6 Å². The van der Waals surface area contributed by atoms with Crippen LogP contribution in [0.1, 0.15) is 5.56 Å². The van der Waals surface area contributed by atoms with Crippen molar-refractivity contribution in [2.45, 2.75) is 0 Å². The summed E-state index contributed by atoms with van der Waals surface area (Å²) < 4.78 is 21.0. The van der Waals surface area contributed by atoms with Crippen LogP contribution in [0.2, 0.25) is 0 Å². The number of hydrogen-bond donors (Lipinski definition) is 3. The van der Waals surface area contributed by atoms with Gasteiger partial charge in [-0.25, -0.2) is 19.6 Å². The van der Waals surface area contributed by atoms with Crippen LogP contribution in [0.25, 0.3) is 11.0 Å². The molecule has 7 nitrogen and oxygen atoms in total. The number of rotatable bonds is 5. The van der Waals surface area contributed by atoms with E-state index < -0.39 is 11.8 Å². The first kappa shape index (κ1) is 19.6. The summed E-state index contributed by atoms with van der Waals surface area (Å²) in [5.74, 6) is -0.117. The molecule has 3 N–H and O–H groups in total. The van der Waals surface area contributed by atoms with E-state index in [4.69, 9.17) is 4.74 Å². The van der Waals surface area contributed by atoms with Crippen molar-refractivity contribution < 1.29 is 13.9 Å². The van der Waals surface area contributed by atoms with Crippen LogP contribution in [0.15, 0.2) is 76.6 Å². The van der Waals surface area contributed by atoms with Crippen LogP contribution in [0, 0.1) is 5.82 Å². The van der Waals surface area contributed by atoms with E-state index in [0.29, 0.717) is 11.4 Å². The number of carbonyl (C=O) groups is 1. The fourth-order valence-corrected chi connectivity index (χ4v) is 3.13. The average Bonchev–Trinajstić information content (AvgIpc) is 3.20. The Labute approximate surface area is 179 Å². The number of benzene rings is 2. The SMILES string of the molecule is O=C(N/N=C/c1cccc(Br)c1)Nc1ccc(Oc2ccnc3[nH]ccc23)c(F)c1. The largest absolute Gasteiger partial charge is 0.453 e. The second-order valence-corrected chi connectivity index (χ2v) is 7.09. The minimum absolute atomic E-state index is 0.0299. The van der Waals surface area contributed by atoms with E-state index in [0.717, 1.165) is 15.4 Å². The third kappa shape index (κ3) is 4.64. The highest BCUT2D eigenvalue weighted by molar-refractivity contribution is 9.10. The molecule has 150 valence electrons. The van der Waals surface area contributed by atoms with Crippen molar-refractivity contribution in [3.8, 4) is 11.5 Å². The predicted molar refractivity (Wildman–Crippen MR) is 116 cm³/mol. The molecule has 0 bridgehead atoms. The molecule has 0 aliphatic heterocycles. The Bertz CT molecular complexity index is 1240. The van der Waals surface area contributed by atoms with E-state index in [9.17, 15) is 9.18 Å². The Balaban J connectivity index is 1.39. The Morgan fingerprint density at radius 3 is 2.90 bits per heavy atom. The van der Waals surface area contributed by atoms with Gasteiger partial charge in [-0.05, 0) is 42.0 Å². The van der Waals surface area contributed by atoms with Crippen molar-refractivity contribution in [1.29, 1.82) is 0 Å². The zero-order valence-corrected chi connectivity index (χ0v) is 17.0. The molecule has 0 aliphatic rings. The minimum Gasteiger partial charge on any atom is -0.453 e. The van der Waals surface area contributed by atoms with E-state index in [1.807, 2.05) is 24.3 Å². The summed E-state index contributed by atoms with van der Waals surface area (Å²) in [6.45, 7) is 0. The Morgan fingerprint density at radius 2 is 2.07 bits per heavy atom. The summed E-state index contributed by atoms with van der Waals surface area (Å²) in [5, 5.41) is 7.11. The summed E-state index contributed by atoms with van der Waals surface area (Å²) in [5.41, 5.74) is 4.05. The number of ether oxygens (including phenoxy) is 1. The van der Waals surface area contributed by atoms with Crippen molar-refractivity contribution in [2.24, 2.45) is 5.10 Å². The Morgan fingerprint density at radius 1 is 1.17 bits per heavy atom. The van der Waals surface area contributed by atoms with Crippen molar-refractivity contribution in [3.63, 3.8) is 0 Å². The Hall–Kier alpha value is -3.72. The van der Waals surface area contributed by atoms with Gasteiger partial charge in [0.05, 0.1) is 11.6 Å². The second kappa shape index (κ2) is 8.75. The van der Waals surface area contributed by atoms with Crippen LogP contribution in [-0.4, -0.2) is 22.2 Å². The van der Waals surface area contributed by atoms with Crippen molar-refractivity contribution in [3.05, 3.63) is 82.8 Å². The van der Waals surface area contributed by atoms with Crippen molar-refractivity contribution in [2.75, 3.05) is 5.32 Å². The molecule has 0 saturated heterocycles. The number of nitrogens with one attached hydrogen (secondary N) is 3. The molecule has 0 unspecified atom stereocenters. The normalized spacial score (nSPS) is 11.0. The van der Waals surface area contributed by atoms with Crippen molar-refractivity contribution >= 4 is 44.9 Å². The molecular weight excluding hydrogens is 453 g/mol. The molecule has 2 amide bonds. The third-order valence-electron chi connectivity index (χ3n) is 4.06. The average molecular weight is 468 g/mol. The number of carbonyl (C=O) groups excluding carboxylic acids is 1. The van der Waals surface area contributed by atoms with Gasteiger partial charge < -0.3 is 15.0 Å². The molecule has 0 fully saturated rings. The zero-order chi connectivity index (χ0) is 20.9. The van der Waals surface area contributed by atoms with Gasteiger partial charge in [0.1, 0.15) is 11.4 Å². The molecule has 2 aromatic heterocycles. The molecule has 0 spiro atoms. The lowest BCUT2D eigenvalue weighted by Gasteiger charge is -2.10. The standard InChI is InChI=1S/C21H15BrFN5O2/c22-14-3-1-2-13(10-14)12-26-28-21(29)27-15-4-5-19(17(23)11-15)30-18-7-9-25-20-16(18)6-8-24-20/h1-12H,(H,24,25)(H2,27,28,29)/b26-12+. The fraction of sp³-hybridized carbons (Fsp3) is 0. The number of aromatic nitrogens is 2. The molecule has 4 rings (SSSR count). The number of amides is 2. The highest BCUT2D eigenvalue weighted by Crippen LogP contribution is 2.31. The molecule has 0 atom stereocenters. The van der Waals surface area contributed by atoms with Gasteiger partial charge in [0.2, 0.25) is 0 Å². The number of nitrogens with zero attached hydrogens (tertiary/aromatic N) is 2. The first-order valence-electron chi connectivity index (χ1n) is 8.83. The first-order chi connectivity index (χ1) is 14.6. The van der Waals surface area contributed by atoms with Crippen LogP contribution in [0.4, 0.5) is 14.9 Å². The van der Waals surface area contributed by atoms with Gasteiger partial charge in [0, 0.05) is 28.6 Å². The van der Waals surface area contributed by atoms with Crippen LogP contribution in [0.3, 0.4) is 0 Å². The summed E-state index contributed by atoms with van der Waals surface area (Å²) >= 11 is 3.36. The van der Waals surface area contributed by atoms with E-state index in [1.165, 1.54) is 24.4 Å². The maximum absolute atomic E-state index is 14.5. The van der Waals surface area contributed by atoms with Gasteiger partial charge in [-0.1, -0.05) is 28.1 Å². The Kier molecular flexibility index (Phi) is 5.71. The van der Waals surface area contributed by atoms with Gasteiger partial charge in [0.25, 0.3) is 0 Å². The van der Waals surface area contributed by atoms with Gasteiger partial charge in [-0.3, -0.25) is 0 Å². The smallest absolute Gasteiger partial charge is 0.339 e. The maximum atomic E-state index is 14.5. The minimum atomic E-state index is -0.620. The lowest BCUT2D eigenvalue weighted by atomic mass is 10.2. The molecule has 2 heterocycles. The summed E-state index contributed by atoms with van der Waals surface area (Å²) in [6, 6.07) is 14.4. The summed E-state index contributed by atoms with van der Waals surface area (Å²) in [6.07, 6.45) is 4.80.